The van der Waals surface area contributed by atoms with E-state index in [4.69, 9.17) is 5.11 Å². The lowest BCUT2D eigenvalue weighted by molar-refractivity contribution is 0.0652. The molecule has 0 unspecified atom stereocenters. The largest absolute Gasteiger partial charge is 0.475 e. The molecular formula is C11H7F2NO5S. The highest BCUT2D eigenvalue weighted by Crippen LogP contribution is 2.26. The molecular weight excluding hydrogens is 296 g/mol. The summed E-state index contributed by atoms with van der Waals surface area (Å²) in [5.41, 5.74) is -0.260. The second-order valence-corrected chi connectivity index (χ2v) is 5.88. The summed E-state index contributed by atoms with van der Waals surface area (Å²) >= 11 is 0. The number of carboxylic acids is 1. The van der Waals surface area contributed by atoms with Crippen LogP contribution >= 0.6 is 0 Å². The number of carbonyl (C=O) groups is 1. The van der Waals surface area contributed by atoms with Crippen molar-refractivity contribution in [3.05, 3.63) is 35.6 Å². The number of sulfone groups is 1. The van der Waals surface area contributed by atoms with Gasteiger partial charge < -0.3 is 9.63 Å². The highest BCUT2D eigenvalue weighted by Gasteiger charge is 2.22. The maximum atomic E-state index is 13.7. The number of carboxylic acid groups (broad SMARTS) is 1. The number of rotatable bonds is 3. The summed E-state index contributed by atoms with van der Waals surface area (Å²) in [4.78, 5) is 9.55. The molecule has 1 aromatic heterocycles. The van der Waals surface area contributed by atoms with Crippen molar-refractivity contribution in [2.75, 3.05) is 6.26 Å². The minimum absolute atomic E-state index is 0.125. The third kappa shape index (κ3) is 2.52. The topological polar surface area (TPSA) is 97.5 Å². The van der Waals surface area contributed by atoms with E-state index in [-0.39, 0.29) is 11.3 Å². The van der Waals surface area contributed by atoms with Gasteiger partial charge in [-0.25, -0.2) is 22.0 Å². The molecule has 0 amide bonds. The molecule has 20 heavy (non-hydrogen) atoms. The summed E-state index contributed by atoms with van der Waals surface area (Å²) in [6, 6.07) is 2.45. The Morgan fingerprint density at radius 2 is 1.80 bits per heavy atom. The first kappa shape index (κ1) is 14.1. The SMILES string of the molecule is CS(=O)(=O)c1c(F)cc(-c2cc(C(=O)O)on2)cc1F. The fourth-order valence-electron chi connectivity index (χ4n) is 1.57. The van der Waals surface area contributed by atoms with Crippen LogP contribution in [0.15, 0.2) is 27.6 Å². The summed E-state index contributed by atoms with van der Waals surface area (Å²) in [6.07, 6.45) is 0.673. The van der Waals surface area contributed by atoms with Crippen molar-refractivity contribution in [3.63, 3.8) is 0 Å². The van der Waals surface area contributed by atoms with Crippen LogP contribution in [0.3, 0.4) is 0 Å². The van der Waals surface area contributed by atoms with E-state index in [1.54, 1.807) is 0 Å². The standard InChI is InChI=1S/C11H7F2NO5S/c1-20(17,18)10-6(12)2-5(3-7(10)13)8-4-9(11(15)16)19-14-8/h2-4H,1H3,(H,15,16). The third-order valence-corrected chi connectivity index (χ3v) is 3.52. The summed E-state index contributed by atoms with van der Waals surface area (Å²) in [5.74, 6) is -4.48. The quantitative estimate of drug-likeness (QED) is 0.927. The predicted octanol–water partition coefficient (Wildman–Crippen LogP) is 1.72. The summed E-state index contributed by atoms with van der Waals surface area (Å²) in [5, 5.41) is 12.0. The number of aromatic carboxylic acids is 1. The number of aromatic nitrogens is 1. The van der Waals surface area contributed by atoms with Crippen LogP contribution in [0.2, 0.25) is 0 Å². The number of hydrogen-bond acceptors (Lipinski definition) is 5. The molecule has 0 aliphatic rings. The summed E-state index contributed by atoms with van der Waals surface area (Å²) in [7, 11) is -4.06. The highest BCUT2D eigenvalue weighted by atomic mass is 32.2. The molecule has 1 N–H and O–H groups in total. The van der Waals surface area contributed by atoms with E-state index >= 15 is 0 Å². The van der Waals surface area contributed by atoms with Crippen molar-refractivity contribution in [1.29, 1.82) is 0 Å². The normalized spacial score (nSPS) is 11.6. The Bertz CT molecular complexity index is 774. The Labute approximate surface area is 111 Å². The Kier molecular flexibility index (Phi) is 3.30. The van der Waals surface area contributed by atoms with E-state index in [0.29, 0.717) is 6.26 Å². The first-order chi connectivity index (χ1) is 9.20. The van der Waals surface area contributed by atoms with Crippen LogP contribution in [0.25, 0.3) is 11.3 Å². The minimum Gasteiger partial charge on any atom is -0.475 e. The molecule has 0 atom stereocenters. The highest BCUT2D eigenvalue weighted by molar-refractivity contribution is 7.90. The van der Waals surface area contributed by atoms with Crippen molar-refractivity contribution in [1.82, 2.24) is 5.16 Å². The molecule has 2 aromatic rings. The van der Waals surface area contributed by atoms with Gasteiger partial charge in [-0.1, -0.05) is 5.16 Å². The van der Waals surface area contributed by atoms with Gasteiger partial charge in [0.1, 0.15) is 22.2 Å². The van der Waals surface area contributed by atoms with Crippen LogP contribution in [0.5, 0.6) is 0 Å². The van der Waals surface area contributed by atoms with Gasteiger partial charge in [-0.3, -0.25) is 0 Å². The van der Waals surface area contributed by atoms with Gasteiger partial charge in [0.2, 0.25) is 5.76 Å². The van der Waals surface area contributed by atoms with Crippen molar-refractivity contribution in [2.24, 2.45) is 0 Å². The second kappa shape index (κ2) is 4.67. The molecule has 0 radical (unpaired) electrons. The van der Waals surface area contributed by atoms with Gasteiger partial charge in [0.25, 0.3) is 0 Å². The summed E-state index contributed by atoms with van der Waals surface area (Å²) in [6.45, 7) is 0. The van der Waals surface area contributed by atoms with Gasteiger partial charge in [-0.05, 0) is 12.1 Å². The summed E-state index contributed by atoms with van der Waals surface area (Å²) < 4.78 is 54.2. The molecule has 0 bridgehead atoms. The molecule has 2 rings (SSSR count). The molecule has 0 spiro atoms. The first-order valence-electron chi connectivity index (χ1n) is 5.09. The van der Waals surface area contributed by atoms with Gasteiger partial charge in [-0.15, -0.1) is 0 Å². The third-order valence-electron chi connectivity index (χ3n) is 2.39. The molecule has 0 aliphatic carbocycles. The van der Waals surface area contributed by atoms with E-state index in [1.165, 1.54) is 0 Å². The minimum atomic E-state index is -4.06. The average Bonchev–Trinajstić information content (AvgIpc) is 2.74. The number of benzene rings is 1. The Hall–Kier alpha value is -2.29. The molecule has 1 aromatic carbocycles. The van der Waals surface area contributed by atoms with Crippen LogP contribution in [0.1, 0.15) is 10.6 Å². The van der Waals surface area contributed by atoms with Gasteiger partial charge in [0.15, 0.2) is 9.84 Å². The van der Waals surface area contributed by atoms with Crippen molar-refractivity contribution in [3.8, 4) is 11.3 Å². The smallest absolute Gasteiger partial charge is 0.374 e. The maximum absolute atomic E-state index is 13.7. The first-order valence-corrected chi connectivity index (χ1v) is 6.99. The van der Waals surface area contributed by atoms with Gasteiger partial charge in [-0.2, -0.15) is 0 Å². The molecule has 0 fully saturated rings. The van der Waals surface area contributed by atoms with E-state index in [1.807, 2.05) is 0 Å². The van der Waals surface area contributed by atoms with Crippen molar-refractivity contribution in [2.45, 2.75) is 4.90 Å². The van der Waals surface area contributed by atoms with Crippen molar-refractivity contribution >= 4 is 15.8 Å². The zero-order valence-corrected chi connectivity index (χ0v) is 10.7. The molecule has 0 aliphatic heterocycles. The van der Waals surface area contributed by atoms with Gasteiger partial charge in [0.05, 0.1) is 0 Å². The van der Waals surface area contributed by atoms with Gasteiger partial charge >= 0.3 is 5.97 Å². The fraction of sp³-hybridized carbons (Fsp3) is 0.0909. The van der Waals surface area contributed by atoms with E-state index in [0.717, 1.165) is 18.2 Å². The van der Waals surface area contributed by atoms with Crippen LogP contribution in [0, 0.1) is 11.6 Å². The van der Waals surface area contributed by atoms with Crippen LogP contribution in [-0.2, 0) is 9.84 Å². The molecule has 106 valence electrons. The number of hydrogen-bond donors (Lipinski definition) is 1. The lowest BCUT2D eigenvalue weighted by Crippen LogP contribution is -2.04. The lowest BCUT2D eigenvalue weighted by Gasteiger charge is -2.04. The zero-order valence-electron chi connectivity index (χ0n) is 9.92. The number of nitrogens with zero attached hydrogens (tertiary/aromatic N) is 1. The van der Waals surface area contributed by atoms with E-state index in [9.17, 15) is 22.0 Å². The average molecular weight is 303 g/mol. The lowest BCUT2D eigenvalue weighted by atomic mass is 10.1. The van der Waals surface area contributed by atoms with Crippen LogP contribution < -0.4 is 0 Å². The van der Waals surface area contributed by atoms with Crippen molar-refractivity contribution < 1.29 is 31.6 Å². The van der Waals surface area contributed by atoms with E-state index < -0.39 is 38.1 Å². The molecule has 0 saturated carbocycles. The monoisotopic (exact) mass is 303 g/mol. The zero-order chi connectivity index (χ0) is 15.1. The van der Waals surface area contributed by atoms with Crippen LogP contribution in [0.4, 0.5) is 8.78 Å². The Morgan fingerprint density at radius 1 is 1.25 bits per heavy atom. The van der Waals surface area contributed by atoms with Crippen LogP contribution in [-0.4, -0.2) is 30.9 Å². The molecule has 6 nitrogen and oxygen atoms in total. The Balaban J connectivity index is 2.57. The molecule has 1 heterocycles. The maximum Gasteiger partial charge on any atom is 0.374 e. The van der Waals surface area contributed by atoms with E-state index in [2.05, 4.69) is 9.68 Å². The molecule has 0 saturated heterocycles. The molecule has 9 heteroatoms. The fourth-order valence-corrected chi connectivity index (χ4v) is 2.40. The second-order valence-electron chi connectivity index (χ2n) is 3.92. The Morgan fingerprint density at radius 3 is 2.20 bits per heavy atom. The van der Waals surface area contributed by atoms with Gasteiger partial charge in [0, 0.05) is 17.9 Å². The number of halogens is 2. The predicted molar refractivity (Wildman–Crippen MR) is 61.9 cm³/mol.